The summed E-state index contributed by atoms with van der Waals surface area (Å²) in [6.45, 7) is 2.74. The van der Waals surface area contributed by atoms with Crippen molar-refractivity contribution in [3.63, 3.8) is 0 Å². The highest BCUT2D eigenvalue weighted by Gasteiger charge is 2.33. The Balaban J connectivity index is 1.41. The van der Waals surface area contributed by atoms with Gasteiger partial charge in [0.2, 0.25) is 5.91 Å². The molecule has 2 aliphatic rings. The Morgan fingerprint density at radius 1 is 1.17 bits per heavy atom. The number of piperidine rings is 1. The van der Waals surface area contributed by atoms with E-state index in [1.54, 1.807) is 10.7 Å². The van der Waals surface area contributed by atoms with Gasteiger partial charge < -0.3 is 4.90 Å². The molecule has 0 aromatic carbocycles. The number of nitrogens with zero attached hydrogens (tertiary/aromatic N) is 5. The van der Waals surface area contributed by atoms with Crippen molar-refractivity contribution < 1.29 is 4.79 Å². The maximum absolute atomic E-state index is 12.7. The number of likely N-dealkylation sites (tertiary alicyclic amines) is 2. The van der Waals surface area contributed by atoms with Crippen molar-refractivity contribution in [2.75, 3.05) is 26.7 Å². The quantitative estimate of drug-likeness (QED) is 0.844. The first-order valence-electron chi connectivity index (χ1n) is 8.52. The van der Waals surface area contributed by atoms with Crippen LogP contribution in [0, 0.1) is 0 Å². The van der Waals surface area contributed by atoms with Crippen molar-refractivity contribution in [2.24, 2.45) is 0 Å². The zero-order valence-corrected chi connectivity index (χ0v) is 13.6. The highest BCUT2D eigenvalue weighted by Crippen LogP contribution is 2.28. The lowest BCUT2D eigenvalue weighted by Crippen LogP contribution is -2.47. The monoisotopic (exact) mass is 313 g/mol. The molecule has 0 unspecified atom stereocenters. The minimum Gasteiger partial charge on any atom is -0.341 e. The predicted molar refractivity (Wildman–Crippen MR) is 87.2 cm³/mol. The minimum absolute atomic E-state index is 0.104. The van der Waals surface area contributed by atoms with Crippen molar-refractivity contribution in [3.05, 3.63) is 30.2 Å². The second kappa shape index (κ2) is 5.92. The van der Waals surface area contributed by atoms with Crippen LogP contribution in [-0.4, -0.2) is 63.0 Å². The molecule has 0 spiro atoms. The summed E-state index contributed by atoms with van der Waals surface area (Å²) in [4.78, 5) is 21.6. The van der Waals surface area contributed by atoms with E-state index < -0.39 is 0 Å². The van der Waals surface area contributed by atoms with Crippen LogP contribution in [0.5, 0.6) is 0 Å². The normalized spacial score (nSPS) is 23.7. The zero-order chi connectivity index (χ0) is 15.8. The van der Waals surface area contributed by atoms with E-state index in [1.807, 2.05) is 12.3 Å². The molecule has 4 heterocycles. The molecule has 1 atom stereocenters. The van der Waals surface area contributed by atoms with Crippen LogP contribution in [0.2, 0.25) is 0 Å². The van der Waals surface area contributed by atoms with Crippen molar-refractivity contribution in [1.29, 1.82) is 0 Å². The third-order valence-corrected chi connectivity index (χ3v) is 5.31. The smallest absolute Gasteiger partial charge is 0.239 e. The minimum atomic E-state index is 0.104. The van der Waals surface area contributed by atoms with Gasteiger partial charge in [-0.15, -0.1) is 0 Å². The first-order chi connectivity index (χ1) is 11.2. The third kappa shape index (κ3) is 2.72. The van der Waals surface area contributed by atoms with Gasteiger partial charge in [-0.05, 0) is 45.3 Å². The molecule has 0 aliphatic carbocycles. The Kier molecular flexibility index (Phi) is 3.77. The van der Waals surface area contributed by atoms with Crippen molar-refractivity contribution in [3.8, 4) is 0 Å². The molecule has 2 saturated heterocycles. The maximum Gasteiger partial charge on any atom is 0.239 e. The Labute approximate surface area is 136 Å². The second-order valence-corrected chi connectivity index (χ2v) is 6.72. The van der Waals surface area contributed by atoms with E-state index >= 15 is 0 Å². The molecule has 4 rings (SSSR count). The van der Waals surface area contributed by atoms with Crippen LogP contribution < -0.4 is 0 Å². The van der Waals surface area contributed by atoms with Gasteiger partial charge in [0.15, 0.2) is 5.65 Å². The van der Waals surface area contributed by atoms with Crippen LogP contribution in [0.15, 0.2) is 24.5 Å². The van der Waals surface area contributed by atoms with Gasteiger partial charge in [-0.2, -0.15) is 5.10 Å². The second-order valence-electron chi connectivity index (χ2n) is 6.72. The van der Waals surface area contributed by atoms with Gasteiger partial charge in [0, 0.05) is 37.0 Å². The van der Waals surface area contributed by atoms with Gasteiger partial charge in [0.05, 0.1) is 12.2 Å². The molecule has 2 aromatic rings. The Bertz CT molecular complexity index is 704. The Morgan fingerprint density at radius 3 is 2.74 bits per heavy atom. The summed E-state index contributed by atoms with van der Waals surface area (Å²) < 4.78 is 1.79. The molecule has 1 amide bonds. The highest BCUT2D eigenvalue weighted by atomic mass is 16.2. The molecule has 0 N–H and O–H groups in total. The molecule has 2 fully saturated rings. The van der Waals surface area contributed by atoms with Gasteiger partial charge in [-0.1, -0.05) is 0 Å². The molecule has 0 bridgehead atoms. The highest BCUT2D eigenvalue weighted by molar-refractivity contribution is 5.82. The van der Waals surface area contributed by atoms with E-state index in [2.05, 4.69) is 28.0 Å². The van der Waals surface area contributed by atoms with E-state index in [-0.39, 0.29) is 6.04 Å². The van der Waals surface area contributed by atoms with Crippen LogP contribution in [0.25, 0.3) is 5.65 Å². The summed E-state index contributed by atoms with van der Waals surface area (Å²) in [6.07, 6.45) is 7.89. The van der Waals surface area contributed by atoms with Crippen LogP contribution in [0.3, 0.4) is 0 Å². The summed E-state index contributed by atoms with van der Waals surface area (Å²) in [5.41, 5.74) is 2.02. The molecule has 6 nitrogen and oxygen atoms in total. The molecular formula is C17H23N5O. The largest absolute Gasteiger partial charge is 0.341 e. The maximum atomic E-state index is 12.7. The summed E-state index contributed by atoms with van der Waals surface area (Å²) >= 11 is 0. The number of aromatic nitrogens is 3. The molecule has 2 aromatic heterocycles. The topological polar surface area (TPSA) is 53.7 Å². The lowest BCUT2D eigenvalue weighted by atomic mass is 9.93. The summed E-state index contributed by atoms with van der Waals surface area (Å²) in [5, 5.41) is 4.19. The van der Waals surface area contributed by atoms with Crippen LogP contribution in [0.1, 0.15) is 37.3 Å². The van der Waals surface area contributed by atoms with Gasteiger partial charge in [0.1, 0.15) is 0 Å². The number of hydrogen-bond donors (Lipinski definition) is 0. The molecule has 6 heteroatoms. The fourth-order valence-corrected chi connectivity index (χ4v) is 3.88. The molecule has 0 saturated carbocycles. The molecule has 2 aliphatic heterocycles. The first kappa shape index (κ1) is 14.6. The van der Waals surface area contributed by atoms with Crippen molar-refractivity contribution in [1.82, 2.24) is 24.4 Å². The fourth-order valence-electron chi connectivity index (χ4n) is 3.88. The molecule has 122 valence electrons. The zero-order valence-electron chi connectivity index (χ0n) is 13.6. The number of fused-ring (bicyclic) bond motifs is 1. The van der Waals surface area contributed by atoms with Crippen LogP contribution >= 0.6 is 0 Å². The molecular weight excluding hydrogens is 290 g/mol. The average Bonchev–Trinajstić information content (AvgIpc) is 3.22. The summed E-state index contributed by atoms with van der Waals surface area (Å²) in [7, 11) is 2.06. The van der Waals surface area contributed by atoms with Gasteiger partial charge >= 0.3 is 0 Å². The Morgan fingerprint density at radius 2 is 2.00 bits per heavy atom. The van der Waals surface area contributed by atoms with Gasteiger partial charge in [-0.3, -0.25) is 9.69 Å². The first-order valence-corrected chi connectivity index (χ1v) is 8.52. The van der Waals surface area contributed by atoms with E-state index in [0.29, 0.717) is 11.8 Å². The standard InChI is InChI=1S/C17H23N5O/c1-20-9-2-3-15(20)17(23)21-10-5-13(6-11-21)14-7-12-22-16(19-14)4-8-18-22/h4,7-8,12-13,15H,2-3,5-6,9-11H2,1H3/t15-/m0/s1. The van der Waals surface area contributed by atoms with Crippen LogP contribution in [-0.2, 0) is 4.79 Å². The van der Waals surface area contributed by atoms with Crippen LogP contribution in [0.4, 0.5) is 0 Å². The number of amides is 1. The number of likely N-dealkylation sites (N-methyl/N-ethyl adjacent to an activating group) is 1. The van der Waals surface area contributed by atoms with Gasteiger partial charge in [-0.25, -0.2) is 9.50 Å². The van der Waals surface area contributed by atoms with E-state index in [1.165, 1.54) is 0 Å². The summed E-state index contributed by atoms with van der Waals surface area (Å²) in [5.74, 6) is 0.767. The number of carbonyl (C=O) groups is 1. The number of carbonyl (C=O) groups excluding carboxylic acids is 1. The van der Waals surface area contributed by atoms with E-state index in [0.717, 1.165) is 56.7 Å². The van der Waals surface area contributed by atoms with E-state index in [4.69, 9.17) is 4.98 Å². The molecule has 23 heavy (non-hydrogen) atoms. The van der Waals surface area contributed by atoms with Crippen molar-refractivity contribution >= 4 is 11.6 Å². The lowest BCUT2D eigenvalue weighted by molar-refractivity contribution is -0.136. The predicted octanol–water partition coefficient (Wildman–Crippen LogP) is 1.53. The third-order valence-electron chi connectivity index (χ3n) is 5.31. The SMILES string of the molecule is CN1CCC[C@H]1C(=O)N1CCC(c2ccn3nccc3n2)CC1. The molecule has 0 radical (unpaired) electrons. The fraction of sp³-hybridized carbons (Fsp3) is 0.588. The lowest BCUT2D eigenvalue weighted by Gasteiger charge is -2.34. The van der Waals surface area contributed by atoms with Gasteiger partial charge in [0.25, 0.3) is 0 Å². The number of rotatable bonds is 2. The average molecular weight is 313 g/mol. The Hall–Kier alpha value is -1.95. The number of hydrogen-bond acceptors (Lipinski definition) is 4. The van der Waals surface area contributed by atoms with E-state index in [9.17, 15) is 4.79 Å². The van der Waals surface area contributed by atoms with Crippen molar-refractivity contribution in [2.45, 2.75) is 37.6 Å². The summed E-state index contributed by atoms with van der Waals surface area (Å²) in [6, 6.07) is 4.10.